The van der Waals surface area contributed by atoms with E-state index in [0.717, 1.165) is 10.0 Å². The van der Waals surface area contributed by atoms with Crippen LogP contribution in [-0.4, -0.2) is 42.7 Å². The van der Waals surface area contributed by atoms with E-state index in [0.29, 0.717) is 18.9 Å². The monoisotopic (exact) mass is 339 g/mol. The number of benzene rings is 1. The van der Waals surface area contributed by atoms with Gasteiger partial charge in [-0.1, -0.05) is 28.1 Å². The highest BCUT2D eigenvalue weighted by Gasteiger charge is 2.14. The molecule has 0 aliphatic heterocycles. The van der Waals surface area contributed by atoms with Gasteiger partial charge >= 0.3 is 5.97 Å². The Morgan fingerprint density at radius 1 is 1.45 bits per heavy atom. The molecule has 106 valence electrons. The highest BCUT2D eigenvalue weighted by Crippen LogP contribution is 2.14. The number of aliphatic carboxylic acids is 1. The molecule has 0 spiro atoms. The lowest BCUT2D eigenvalue weighted by Crippen LogP contribution is -2.29. The second-order valence-electron chi connectivity index (χ2n) is 4.36. The molecule has 0 aliphatic rings. The first-order valence-electron chi connectivity index (χ1n) is 5.94. The molecule has 1 aromatic heterocycles. The number of hydrogen-bond donors (Lipinski definition) is 1. The molecule has 7 nitrogen and oxygen atoms in total. The van der Waals surface area contributed by atoms with Crippen molar-refractivity contribution in [3.05, 3.63) is 40.1 Å². The highest BCUT2D eigenvalue weighted by molar-refractivity contribution is 9.10. The van der Waals surface area contributed by atoms with E-state index in [9.17, 15) is 4.79 Å². The van der Waals surface area contributed by atoms with E-state index >= 15 is 0 Å². The molecule has 0 saturated carbocycles. The lowest BCUT2D eigenvalue weighted by Gasteiger charge is -2.18. The van der Waals surface area contributed by atoms with Crippen LogP contribution in [0.5, 0.6) is 0 Å². The molecule has 8 heteroatoms. The van der Waals surface area contributed by atoms with Gasteiger partial charge in [-0.15, -0.1) is 10.2 Å². The summed E-state index contributed by atoms with van der Waals surface area (Å²) in [6, 6.07) is 7.75. The first-order valence-corrected chi connectivity index (χ1v) is 6.73. The minimum atomic E-state index is -0.885. The second kappa shape index (κ2) is 6.58. The molecule has 0 bridgehead atoms. The maximum atomic E-state index is 10.9. The van der Waals surface area contributed by atoms with Crippen molar-refractivity contribution in [3.63, 3.8) is 0 Å². The smallest absolute Gasteiger partial charge is 0.317 e. The Bertz CT molecular complexity index is 601. The Hall–Kier alpha value is -1.80. The normalized spacial score (nSPS) is 10.9. The van der Waals surface area contributed by atoms with Gasteiger partial charge in [-0.2, -0.15) is 4.80 Å². The summed E-state index contributed by atoms with van der Waals surface area (Å²) in [5.41, 5.74) is 1.02. The molecule has 1 heterocycles. The zero-order chi connectivity index (χ0) is 14.5. The molecule has 0 atom stereocenters. The fraction of sp³-hybridized carbons (Fsp3) is 0.333. The molecule has 0 amide bonds. The number of nitrogens with zero attached hydrogens (tertiary/aromatic N) is 5. The van der Waals surface area contributed by atoms with Crippen LogP contribution >= 0.6 is 15.9 Å². The second-order valence-corrected chi connectivity index (χ2v) is 5.28. The number of tetrazole rings is 1. The lowest BCUT2D eigenvalue weighted by atomic mass is 10.2. The standard InChI is InChI=1S/C12H14BrN5O2/c1-17-15-11(14-16-17)7-18(8-12(19)20)6-9-3-2-4-10(13)5-9/h2-5H,6-8H2,1H3,(H,19,20). The highest BCUT2D eigenvalue weighted by atomic mass is 79.9. The van der Waals surface area contributed by atoms with Crippen LogP contribution in [0.1, 0.15) is 11.4 Å². The van der Waals surface area contributed by atoms with Crippen molar-refractivity contribution in [2.45, 2.75) is 13.1 Å². The summed E-state index contributed by atoms with van der Waals surface area (Å²) in [4.78, 5) is 14.1. The third-order valence-corrected chi connectivity index (χ3v) is 3.06. The molecule has 0 saturated heterocycles. The van der Waals surface area contributed by atoms with Crippen LogP contribution in [0.15, 0.2) is 28.7 Å². The number of rotatable bonds is 6. The Morgan fingerprint density at radius 3 is 2.85 bits per heavy atom. The van der Waals surface area contributed by atoms with E-state index < -0.39 is 5.97 Å². The van der Waals surface area contributed by atoms with Crippen molar-refractivity contribution >= 4 is 21.9 Å². The molecular formula is C12H14BrN5O2. The fourth-order valence-corrected chi connectivity index (χ4v) is 2.29. The van der Waals surface area contributed by atoms with Crippen LogP contribution in [-0.2, 0) is 24.9 Å². The number of aryl methyl sites for hydroxylation is 1. The minimum Gasteiger partial charge on any atom is -0.480 e. The van der Waals surface area contributed by atoms with Crippen LogP contribution in [0.4, 0.5) is 0 Å². The van der Waals surface area contributed by atoms with Crippen molar-refractivity contribution in [3.8, 4) is 0 Å². The minimum absolute atomic E-state index is 0.0786. The van der Waals surface area contributed by atoms with Gasteiger partial charge in [0.2, 0.25) is 0 Å². The number of carboxylic acids is 1. The van der Waals surface area contributed by atoms with Crippen molar-refractivity contribution in [2.75, 3.05) is 6.54 Å². The third kappa shape index (κ3) is 4.39. The summed E-state index contributed by atoms with van der Waals surface area (Å²) in [7, 11) is 1.67. The third-order valence-electron chi connectivity index (χ3n) is 2.57. The summed E-state index contributed by atoms with van der Waals surface area (Å²) in [5, 5.41) is 20.7. The summed E-state index contributed by atoms with van der Waals surface area (Å²) < 4.78 is 0.961. The van der Waals surface area contributed by atoms with Crippen molar-refractivity contribution in [2.24, 2.45) is 7.05 Å². The first-order chi connectivity index (χ1) is 9.52. The van der Waals surface area contributed by atoms with Crippen molar-refractivity contribution < 1.29 is 9.90 Å². The molecule has 0 aliphatic carbocycles. The molecule has 0 fully saturated rings. The van der Waals surface area contributed by atoms with Crippen LogP contribution in [0.3, 0.4) is 0 Å². The van der Waals surface area contributed by atoms with Crippen LogP contribution in [0.2, 0.25) is 0 Å². The summed E-state index contributed by atoms with van der Waals surface area (Å²) in [6.45, 7) is 0.765. The van der Waals surface area contributed by atoms with E-state index in [2.05, 4.69) is 31.3 Å². The van der Waals surface area contributed by atoms with E-state index in [-0.39, 0.29) is 6.54 Å². The van der Waals surface area contributed by atoms with Gasteiger partial charge in [0, 0.05) is 11.0 Å². The number of carbonyl (C=O) groups is 1. The van der Waals surface area contributed by atoms with Crippen LogP contribution in [0.25, 0.3) is 0 Å². The zero-order valence-corrected chi connectivity index (χ0v) is 12.5. The van der Waals surface area contributed by atoms with Gasteiger partial charge in [0.1, 0.15) is 0 Å². The Kier molecular flexibility index (Phi) is 4.80. The fourth-order valence-electron chi connectivity index (χ4n) is 1.84. The first kappa shape index (κ1) is 14.6. The molecule has 20 heavy (non-hydrogen) atoms. The molecular weight excluding hydrogens is 326 g/mol. The molecule has 0 radical (unpaired) electrons. The predicted molar refractivity (Wildman–Crippen MR) is 74.7 cm³/mol. The predicted octanol–water partition coefficient (Wildman–Crippen LogP) is 1.06. The van der Waals surface area contributed by atoms with Gasteiger partial charge in [0.05, 0.1) is 20.1 Å². The maximum Gasteiger partial charge on any atom is 0.317 e. The van der Waals surface area contributed by atoms with E-state index in [4.69, 9.17) is 5.11 Å². The average Bonchev–Trinajstić information content (AvgIpc) is 2.73. The van der Waals surface area contributed by atoms with Crippen molar-refractivity contribution in [1.82, 2.24) is 25.1 Å². The number of halogens is 1. The number of aromatic nitrogens is 4. The van der Waals surface area contributed by atoms with Gasteiger partial charge < -0.3 is 5.11 Å². The zero-order valence-electron chi connectivity index (χ0n) is 10.9. The quantitative estimate of drug-likeness (QED) is 0.847. The van der Waals surface area contributed by atoms with Gasteiger partial charge in [-0.05, 0) is 22.9 Å². The Labute approximate surface area is 124 Å². The largest absolute Gasteiger partial charge is 0.480 e. The average molecular weight is 340 g/mol. The van der Waals surface area contributed by atoms with E-state index in [1.54, 1.807) is 11.9 Å². The summed E-state index contributed by atoms with van der Waals surface area (Å²) in [5.74, 6) is -0.382. The topological polar surface area (TPSA) is 84.1 Å². The number of hydrogen-bond acceptors (Lipinski definition) is 5. The van der Waals surface area contributed by atoms with Gasteiger partial charge in [-0.3, -0.25) is 9.69 Å². The molecule has 0 unspecified atom stereocenters. The molecule has 1 aromatic carbocycles. The van der Waals surface area contributed by atoms with Crippen molar-refractivity contribution in [1.29, 1.82) is 0 Å². The van der Waals surface area contributed by atoms with Gasteiger partial charge in [-0.25, -0.2) is 0 Å². The summed E-state index contributed by atoms with van der Waals surface area (Å²) in [6.07, 6.45) is 0. The van der Waals surface area contributed by atoms with Gasteiger partial charge in [0.25, 0.3) is 0 Å². The SMILES string of the molecule is Cn1nnc(CN(CC(=O)O)Cc2cccc(Br)c2)n1. The van der Waals surface area contributed by atoms with E-state index in [1.807, 2.05) is 24.3 Å². The molecule has 2 rings (SSSR count). The molecule has 2 aromatic rings. The van der Waals surface area contributed by atoms with E-state index in [1.165, 1.54) is 4.80 Å². The Balaban J connectivity index is 2.09. The van der Waals surface area contributed by atoms with Crippen LogP contribution in [0, 0.1) is 0 Å². The molecule has 1 N–H and O–H groups in total. The number of carboxylic acid groups (broad SMARTS) is 1. The maximum absolute atomic E-state index is 10.9. The lowest BCUT2D eigenvalue weighted by molar-refractivity contribution is -0.138. The summed E-state index contributed by atoms with van der Waals surface area (Å²) >= 11 is 3.40. The van der Waals surface area contributed by atoms with Gasteiger partial charge in [0.15, 0.2) is 5.82 Å². The Morgan fingerprint density at radius 2 is 2.25 bits per heavy atom. The van der Waals surface area contributed by atoms with Crippen LogP contribution < -0.4 is 0 Å².